The van der Waals surface area contributed by atoms with Crippen molar-refractivity contribution in [3.8, 4) is 0 Å². The average Bonchev–Trinajstić information content (AvgIpc) is 2.61. The van der Waals surface area contributed by atoms with Crippen LogP contribution < -0.4 is 5.32 Å². The van der Waals surface area contributed by atoms with E-state index in [1.807, 2.05) is 0 Å². The third kappa shape index (κ3) is 2.76. The predicted molar refractivity (Wildman–Crippen MR) is 62.2 cm³/mol. The molecule has 0 radical (unpaired) electrons. The van der Waals surface area contributed by atoms with Crippen LogP contribution in [-0.4, -0.2) is 38.9 Å². The number of hydrogen-bond acceptors (Lipinski definition) is 4. The van der Waals surface area contributed by atoms with E-state index in [9.17, 15) is 8.42 Å². The highest BCUT2D eigenvalue weighted by atomic mass is 35.5. The quantitative estimate of drug-likeness (QED) is 0.855. The maximum absolute atomic E-state index is 12.0. The molecule has 0 bridgehead atoms. The first-order valence-corrected chi connectivity index (χ1v) is 6.39. The molecule has 0 spiro atoms. The second-order valence-corrected chi connectivity index (χ2v) is 5.31. The summed E-state index contributed by atoms with van der Waals surface area (Å²) in [6, 6.07) is 3.07. The summed E-state index contributed by atoms with van der Waals surface area (Å²) in [4.78, 5) is 0. The molecule has 1 aliphatic rings. The fraction of sp³-hybridized carbons (Fsp3) is 0.556. The van der Waals surface area contributed by atoms with Gasteiger partial charge in [0.25, 0.3) is 10.0 Å². The summed E-state index contributed by atoms with van der Waals surface area (Å²) in [7, 11) is -3.42. The van der Waals surface area contributed by atoms with Crippen LogP contribution in [0.3, 0.4) is 0 Å². The smallest absolute Gasteiger partial charge is 0.276 e. The van der Waals surface area contributed by atoms with Crippen molar-refractivity contribution < 1.29 is 12.8 Å². The summed E-state index contributed by atoms with van der Waals surface area (Å²) in [6.45, 7) is 2.61. The van der Waals surface area contributed by atoms with Gasteiger partial charge in [0.2, 0.25) is 5.09 Å². The molecule has 5 nitrogen and oxygen atoms in total. The Morgan fingerprint density at radius 3 is 2.81 bits per heavy atom. The van der Waals surface area contributed by atoms with Crippen LogP contribution in [0.15, 0.2) is 27.9 Å². The topological polar surface area (TPSA) is 62.6 Å². The number of halogens is 1. The minimum atomic E-state index is -3.42. The number of hydrogen-bond donors (Lipinski definition) is 1. The Morgan fingerprint density at radius 1 is 1.31 bits per heavy atom. The van der Waals surface area contributed by atoms with Crippen molar-refractivity contribution in [3.05, 3.63) is 18.4 Å². The zero-order valence-corrected chi connectivity index (χ0v) is 10.4. The van der Waals surface area contributed by atoms with Crippen molar-refractivity contribution in [3.63, 3.8) is 0 Å². The van der Waals surface area contributed by atoms with E-state index in [4.69, 9.17) is 4.42 Å². The number of rotatable bonds is 2. The van der Waals surface area contributed by atoms with E-state index >= 15 is 0 Å². The third-order valence-electron chi connectivity index (χ3n) is 2.39. The van der Waals surface area contributed by atoms with Gasteiger partial charge in [-0.15, -0.1) is 12.4 Å². The highest BCUT2D eigenvalue weighted by Gasteiger charge is 2.26. The van der Waals surface area contributed by atoms with Crippen LogP contribution in [0.5, 0.6) is 0 Å². The third-order valence-corrected chi connectivity index (χ3v) is 4.17. The van der Waals surface area contributed by atoms with Crippen molar-refractivity contribution >= 4 is 22.4 Å². The van der Waals surface area contributed by atoms with E-state index in [1.165, 1.54) is 16.6 Å². The van der Waals surface area contributed by atoms with Crippen molar-refractivity contribution in [1.29, 1.82) is 0 Å². The molecule has 1 aliphatic heterocycles. The lowest BCUT2D eigenvalue weighted by Crippen LogP contribution is -2.33. The Balaban J connectivity index is 0.00000128. The lowest BCUT2D eigenvalue weighted by Gasteiger charge is -2.17. The predicted octanol–water partition coefficient (Wildman–Crippen LogP) is 0.685. The standard InChI is InChI=1S/C9H14N2O3S.ClH/c12-15(13,9-3-1-8-14-9)11-6-2-4-10-5-7-11;/h1,3,8,10H,2,4-7H2;1H. The second-order valence-electron chi connectivity index (χ2n) is 3.44. The Kier molecular flexibility index (Phi) is 4.79. The fourth-order valence-corrected chi connectivity index (χ4v) is 2.98. The van der Waals surface area contributed by atoms with E-state index in [2.05, 4.69) is 5.32 Å². The summed E-state index contributed by atoms with van der Waals surface area (Å²) in [5, 5.41) is 3.19. The molecule has 0 unspecified atom stereocenters. The maximum atomic E-state index is 12.0. The Hall–Kier alpha value is -0.560. The molecule has 1 saturated heterocycles. The van der Waals surface area contributed by atoms with Crippen LogP contribution in [0.4, 0.5) is 0 Å². The van der Waals surface area contributed by atoms with Gasteiger partial charge in [-0.25, -0.2) is 8.42 Å². The molecule has 0 amide bonds. The minimum absolute atomic E-state index is 0. The van der Waals surface area contributed by atoms with Crippen LogP contribution in [0, 0.1) is 0 Å². The van der Waals surface area contributed by atoms with Gasteiger partial charge in [-0.3, -0.25) is 0 Å². The molecular weight excluding hydrogens is 252 g/mol. The van der Waals surface area contributed by atoms with Gasteiger partial charge in [0, 0.05) is 19.6 Å². The summed E-state index contributed by atoms with van der Waals surface area (Å²) in [6.07, 6.45) is 2.21. The van der Waals surface area contributed by atoms with Gasteiger partial charge in [0.15, 0.2) is 0 Å². The van der Waals surface area contributed by atoms with Gasteiger partial charge in [-0.2, -0.15) is 4.31 Å². The Morgan fingerprint density at radius 2 is 2.12 bits per heavy atom. The molecule has 1 aromatic rings. The van der Waals surface area contributed by atoms with Crippen LogP contribution in [-0.2, 0) is 10.0 Å². The number of nitrogens with zero attached hydrogens (tertiary/aromatic N) is 1. The molecule has 0 atom stereocenters. The maximum Gasteiger partial charge on any atom is 0.276 e. The molecule has 0 aromatic carbocycles. The molecule has 1 fully saturated rings. The highest BCUT2D eigenvalue weighted by molar-refractivity contribution is 7.89. The Bertz CT molecular complexity index is 396. The Labute approximate surface area is 101 Å². The molecule has 2 rings (SSSR count). The van der Waals surface area contributed by atoms with E-state index in [-0.39, 0.29) is 17.5 Å². The SMILES string of the molecule is Cl.O=S(=O)(c1ccco1)N1CCCNCC1. The summed E-state index contributed by atoms with van der Waals surface area (Å²) < 4.78 is 30.4. The second kappa shape index (κ2) is 5.67. The number of sulfonamides is 1. The van der Waals surface area contributed by atoms with Crippen LogP contribution in [0.1, 0.15) is 6.42 Å². The summed E-state index contributed by atoms with van der Waals surface area (Å²) in [5.41, 5.74) is 0. The van der Waals surface area contributed by atoms with Gasteiger partial charge < -0.3 is 9.73 Å². The van der Waals surface area contributed by atoms with Gasteiger partial charge in [-0.1, -0.05) is 0 Å². The van der Waals surface area contributed by atoms with E-state index < -0.39 is 10.0 Å². The first kappa shape index (κ1) is 13.5. The summed E-state index contributed by atoms with van der Waals surface area (Å²) >= 11 is 0. The lowest BCUT2D eigenvalue weighted by molar-refractivity contribution is 0.390. The molecule has 0 saturated carbocycles. The zero-order chi connectivity index (χ0) is 10.7. The highest BCUT2D eigenvalue weighted by Crippen LogP contribution is 2.16. The van der Waals surface area contributed by atoms with Crippen molar-refractivity contribution in [2.24, 2.45) is 0 Å². The minimum Gasteiger partial charge on any atom is -0.452 e. The van der Waals surface area contributed by atoms with E-state index in [0.717, 1.165) is 13.0 Å². The molecular formula is C9H15ClN2O3S. The first-order valence-electron chi connectivity index (χ1n) is 4.95. The molecule has 7 heteroatoms. The van der Waals surface area contributed by atoms with Crippen molar-refractivity contribution in [2.75, 3.05) is 26.2 Å². The number of nitrogens with one attached hydrogen (secondary N) is 1. The number of furan rings is 1. The van der Waals surface area contributed by atoms with Crippen molar-refractivity contribution in [2.45, 2.75) is 11.5 Å². The molecule has 1 aromatic heterocycles. The van der Waals surface area contributed by atoms with Crippen LogP contribution >= 0.6 is 12.4 Å². The van der Waals surface area contributed by atoms with Gasteiger partial charge >= 0.3 is 0 Å². The lowest BCUT2D eigenvalue weighted by atomic mass is 10.4. The average molecular weight is 267 g/mol. The van der Waals surface area contributed by atoms with Crippen LogP contribution in [0.25, 0.3) is 0 Å². The van der Waals surface area contributed by atoms with Crippen molar-refractivity contribution in [1.82, 2.24) is 9.62 Å². The first-order chi connectivity index (χ1) is 7.21. The molecule has 2 heterocycles. The fourth-order valence-electron chi connectivity index (χ4n) is 1.60. The summed E-state index contributed by atoms with van der Waals surface area (Å²) in [5.74, 6) is 0. The molecule has 0 aliphatic carbocycles. The van der Waals surface area contributed by atoms with E-state index in [0.29, 0.717) is 19.6 Å². The monoisotopic (exact) mass is 266 g/mol. The largest absolute Gasteiger partial charge is 0.452 e. The zero-order valence-electron chi connectivity index (χ0n) is 8.76. The van der Waals surface area contributed by atoms with E-state index in [1.54, 1.807) is 6.07 Å². The van der Waals surface area contributed by atoms with Gasteiger partial charge in [-0.05, 0) is 25.1 Å². The molecule has 1 N–H and O–H groups in total. The molecule has 92 valence electrons. The molecule has 16 heavy (non-hydrogen) atoms. The van der Waals surface area contributed by atoms with Gasteiger partial charge in [0.05, 0.1) is 6.26 Å². The van der Waals surface area contributed by atoms with Gasteiger partial charge in [0.1, 0.15) is 0 Å². The van der Waals surface area contributed by atoms with Crippen LogP contribution in [0.2, 0.25) is 0 Å². The normalized spacial score (nSPS) is 18.8.